The molecule has 24 heavy (non-hydrogen) atoms. The van der Waals surface area contributed by atoms with Gasteiger partial charge in [0.25, 0.3) is 0 Å². The van der Waals surface area contributed by atoms with Gasteiger partial charge in [0.1, 0.15) is 5.71 Å². The topological polar surface area (TPSA) is 73.5 Å². The van der Waals surface area contributed by atoms with Crippen LogP contribution in [0.2, 0.25) is 0 Å². The monoisotopic (exact) mass is 411 g/mol. The number of amidine groups is 2. The molecule has 0 aliphatic heterocycles. The van der Waals surface area contributed by atoms with Crippen LogP contribution in [0.1, 0.15) is 25.0 Å². The Morgan fingerprint density at radius 3 is 1.88 bits per heavy atom. The quantitative estimate of drug-likeness (QED) is 0.253. The summed E-state index contributed by atoms with van der Waals surface area (Å²) in [5, 5.41) is 22.3. The molecule has 2 N–H and O–H groups in total. The van der Waals surface area contributed by atoms with Crippen molar-refractivity contribution in [1.82, 2.24) is 10.6 Å². The third kappa shape index (κ3) is 7.35. The van der Waals surface area contributed by atoms with E-state index in [1.807, 2.05) is 24.3 Å². The SMILES string of the molecule is CCc1ccc(C(=NN=C([S-])NC)C(C)=NN=C([S-])NC)cc1.[Cu+2]. The van der Waals surface area contributed by atoms with E-state index in [0.29, 0.717) is 21.8 Å². The molecular formula is C15H20CuN6S2. The van der Waals surface area contributed by atoms with E-state index in [1.54, 1.807) is 21.0 Å². The van der Waals surface area contributed by atoms with Crippen molar-refractivity contribution in [2.24, 2.45) is 20.4 Å². The van der Waals surface area contributed by atoms with E-state index in [4.69, 9.17) is 25.3 Å². The summed E-state index contributed by atoms with van der Waals surface area (Å²) in [5.74, 6) is 0. The molecule has 0 saturated carbocycles. The van der Waals surface area contributed by atoms with Crippen LogP contribution < -0.4 is 10.6 Å². The van der Waals surface area contributed by atoms with E-state index in [2.05, 4.69) is 38.0 Å². The zero-order valence-electron chi connectivity index (χ0n) is 13.9. The van der Waals surface area contributed by atoms with Gasteiger partial charge in [-0.3, -0.25) is 0 Å². The number of aryl methyl sites for hydroxylation is 1. The number of hydrogen-bond acceptors (Lipinski definition) is 6. The zero-order chi connectivity index (χ0) is 17.2. The van der Waals surface area contributed by atoms with Crippen molar-refractivity contribution in [3.05, 3.63) is 35.4 Å². The second-order valence-corrected chi connectivity index (χ2v) is 5.27. The molecule has 0 unspecified atom stereocenters. The molecule has 0 aliphatic carbocycles. The van der Waals surface area contributed by atoms with Gasteiger partial charge in [-0.1, -0.05) is 31.2 Å². The second-order valence-electron chi connectivity index (χ2n) is 4.49. The summed E-state index contributed by atoms with van der Waals surface area (Å²) in [7, 11) is 3.38. The van der Waals surface area contributed by atoms with Gasteiger partial charge in [-0.2, -0.15) is 15.3 Å². The van der Waals surface area contributed by atoms with Crippen LogP contribution >= 0.6 is 0 Å². The third-order valence-electron chi connectivity index (χ3n) is 2.94. The van der Waals surface area contributed by atoms with Gasteiger partial charge in [0.2, 0.25) is 0 Å². The van der Waals surface area contributed by atoms with E-state index >= 15 is 0 Å². The van der Waals surface area contributed by atoms with Gasteiger partial charge in [-0.25, -0.2) is 0 Å². The maximum Gasteiger partial charge on any atom is 2.00 e. The molecule has 0 atom stereocenters. The molecule has 0 spiro atoms. The van der Waals surface area contributed by atoms with Crippen molar-refractivity contribution < 1.29 is 17.1 Å². The summed E-state index contributed by atoms with van der Waals surface area (Å²) in [6.45, 7) is 3.90. The van der Waals surface area contributed by atoms with E-state index in [-0.39, 0.29) is 17.1 Å². The van der Waals surface area contributed by atoms with Crippen LogP contribution in [0.25, 0.3) is 0 Å². The number of nitrogens with zero attached hydrogens (tertiary/aromatic N) is 4. The van der Waals surface area contributed by atoms with E-state index < -0.39 is 0 Å². The first-order valence-corrected chi connectivity index (χ1v) is 7.90. The summed E-state index contributed by atoms with van der Waals surface area (Å²) in [5.41, 5.74) is 3.31. The average molecular weight is 412 g/mol. The van der Waals surface area contributed by atoms with Gasteiger partial charge in [0, 0.05) is 19.7 Å². The van der Waals surface area contributed by atoms with Crippen LogP contribution in [0.3, 0.4) is 0 Å². The van der Waals surface area contributed by atoms with Crippen molar-refractivity contribution in [2.75, 3.05) is 14.1 Å². The summed E-state index contributed by atoms with van der Waals surface area (Å²) >= 11 is 9.95. The first kappa shape index (κ1) is 22.5. The molecule has 0 heterocycles. The van der Waals surface area contributed by atoms with Crippen molar-refractivity contribution in [2.45, 2.75) is 20.3 Å². The van der Waals surface area contributed by atoms with E-state index in [0.717, 1.165) is 12.0 Å². The van der Waals surface area contributed by atoms with Crippen molar-refractivity contribution in [3.63, 3.8) is 0 Å². The minimum atomic E-state index is 0. The molecule has 0 amide bonds. The molecule has 6 nitrogen and oxygen atoms in total. The second kappa shape index (κ2) is 11.9. The Bertz CT molecular complexity index is 638. The normalized spacial score (nSPS) is 13.3. The van der Waals surface area contributed by atoms with Crippen LogP contribution in [0.5, 0.6) is 0 Å². The van der Waals surface area contributed by atoms with Gasteiger partial charge in [-0.05, 0) is 29.2 Å². The average Bonchev–Trinajstić information content (AvgIpc) is 2.59. The molecule has 0 fully saturated rings. The fourth-order valence-corrected chi connectivity index (χ4v) is 1.68. The third-order valence-corrected chi connectivity index (χ3v) is 3.51. The standard InChI is InChI=1S/C15H22N6S2.Cu/c1-5-11-6-8-12(9-7-11)13(19-21-15(23)17-4)10(2)18-20-14(22)16-3;/h6-9H,5H2,1-4H3,(H2,16,20,22)(H2,17,21,23);/q;+2/p-2. The summed E-state index contributed by atoms with van der Waals surface area (Å²) < 4.78 is 0. The molecule has 1 aromatic carbocycles. The summed E-state index contributed by atoms with van der Waals surface area (Å²) in [6.07, 6.45) is 0.972. The van der Waals surface area contributed by atoms with Crippen molar-refractivity contribution in [1.29, 1.82) is 0 Å². The van der Waals surface area contributed by atoms with Crippen molar-refractivity contribution >= 4 is 47.0 Å². The number of hydrogen-bond donors (Lipinski definition) is 2. The van der Waals surface area contributed by atoms with Crippen LogP contribution in [-0.4, -0.2) is 35.9 Å². The van der Waals surface area contributed by atoms with Gasteiger partial charge in [-0.15, -0.1) is 5.10 Å². The van der Waals surface area contributed by atoms with Gasteiger partial charge in [0.15, 0.2) is 0 Å². The molecule has 133 valence electrons. The Morgan fingerprint density at radius 1 is 0.917 bits per heavy atom. The predicted molar refractivity (Wildman–Crippen MR) is 103 cm³/mol. The van der Waals surface area contributed by atoms with E-state index in [9.17, 15) is 0 Å². The maximum absolute atomic E-state index is 5.00. The smallest absolute Gasteiger partial charge is 0.741 e. The molecule has 9 heteroatoms. The molecule has 1 aromatic rings. The zero-order valence-corrected chi connectivity index (χ0v) is 16.5. The van der Waals surface area contributed by atoms with Crippen molar-refractivity contribution in [3.8, 4) is 0 Å². The Hall–Kier alpha value is -1.54. The molecule has 1 radical (unpaired) electrons. The molecule has 0 aromatic heterocycles. The summed E-state index contributed by atoms with van der Waals surface area (Å²) in [4.78, 5) is 0. The fourth-order valence-electron chi connectivity index (χ4n) is 1.60. The molecule has 0 saturated heterocycles. The Morgan fingerprint density at radius 2 is 1.42 bits per heavy atom. The number of rotatable bonds is 5. The van der Waals surface area contributed by atoms with Gasteiger partial charge < -0.3 is 35.9 Å². The molecule has 0 bridgehead atoms. The van der Waals surface area contributed by atoms with E-state index in [1.165, 1.54) is 5.56 Å². The Balaban J connectivity index is 0.00000529. The van der Waals surface area contributed by atoms with Crippen LogP contribution in [0, 0.1) is 0 Å². The fraction of sp³-hybridized carbons (Fsp3) is 0.333. The van der Waals surface area contributed by atoms with Gasteiger partial charge >= 0.3 is 17.1 Å². The first-order valence-electron chi connectivity index (χ1n) is 7.08. The maximum atomic E-state index is 5.00. The predicted octanol–water partition coefficient (Wildman–Crippen LogP) is 1.57. The van der Waals surface area contributed by atoms with Crippen LogP contribution in [-0.2, 0) is 48.7 Å². The largest absolute Gasteiger partial charge is 2.00 e. The number of nitrogens with one attached hydrogen (secondary N) is 2. The first-order chi connectivity index (χ1) is 11.0. The molecule has 1 rings (SSSR count). The Labute approximate surface area is 164 Å². The minimum Gasteiger partial charge on any atom is -0.741 e. The summed E-state index contributed by atoms with van der Waals surface area (Å²) in [6, 6.07) is 8.05. The van der Waals surface area contributed by atoms with Gasteiger partial charge in [0.05, 0.1) is 5.71 Å². The van der Waals surface area contributed by atoms with Crippen LogP contribution in [0.15, 0.2) is 44.7 Å². The molecular weight excluding hydrogens is 392 g/mol. The molecule has 0 aliphatic rings. The minimum absolute atomic E-state index is 0. The number of benzene rings is 1. The van der Waals surface area contributed by atoms with Crippen LogP contribution in [0.4, 0.5) is 0 Å². The Kier molecular flexibility index (Phi) is 11.1.